The Hall–Kier alpha value is -2.47. The lowest BCUT2D eigenvalue weighted by Crippen LogP contribution is -2.50. The normalized spacial score (nSPS) is 16.4. The highest BCUT2D eigenvalue weighted by atomic mass is 32.2. The van der Waals surface area contributed by atoms with Crippen molar-refractivity contribution < 1.29 is 35.3 Å². The minimum Gasteiger partial charge on any atom is -0.351 e. The molecular weight excluding hydrogens is 406 g/mol. The molecule has 2 aromatic rings. The third-order valence-corrected chi connectivity index (χ3v) is 6.14. The number of rotatable bonds is 3. The number of hydrogen-bond donors (Lipinski definition) is 0. The zero-order chi connectivity index (χ0) is 20.7. The molecule has 1 aromatic heterocycles. The third-order valence-electron chi connectivity index (χ3n) is 4.25. The van der Waals surface area contributed by atoms with Crippen molar-refractivity contribution in [1.82, 2.24) is 14.4 Å². The van der Waals surface area contributed by atoms with E-state index in [1.807, 2.05) is 0 Å². The molecule has 28 heavy (non-hydrogen) atoms. The van der Waals surface area contributed by atoms with Crippen LogP contribution < -0.4 is 0 Å². The summed E-state index contributed by atoms with van der Waals surface area (Å²) in [5, 5.41) is 3.61. The van der Waals surface area contributed by atoms with Gasteiger partial charge in [-0.25, -0.2) is 12.8 Å². The Bertz CT molecular complexity index is 996. The molecule has 1 amide bonds. The van der Waals surface area contributed by atoms with Crippen LogP contribution in [0.2, 0.25) is 0 Å². The minimum atomic E-state index is -5.02. The first kappa shape index (κ1) is 20.3. The number of benzene rings is 1. The first-order valence-corrected chi connectivity index (χ1v) is 9.53. The zero-order valence-corrected chi connectivity index (χ0v) is 15.3. The Balaban J connectivity index is 1.76. The van der Waals surface area contributed by atoms with Crippen molar-refractivity contribution >= 4 is 15.9 Å². The molecule has 0 unspecified atom stereocenters. The summed E-state index contributed by atoms with van der Waals surface area (Å²) in [6.07, 6.45) is -5.02. The van der Waals surface area contributed by atoms with Crippen LogP contribution in [0.1, 0.15) is 21.8 Å². The SMILES string of the molecule is Cc1cc(C(=O)N2CCN(S(=O)(=O)c3ccc(F)c(C(F)(F)F)c3)CC2)on1. The van der Waals surface area contributed by atoms with Gasteiger partial charge in [0.2, 0.25) is 15.8 Å². The summed E-state index contributed by atoms with van der Waals surface area (Å²) in [7, 11) is -4.28. The molecule has 0 radical (unpaired) electrons. The summed E-state index contributed by atoms with van der Waals surface area (Å²) in [5.41, 5.74) is -1.13. The quantitative estimate of drug-likeness (QED) is 0.711. The molecule has 3 rings (SSSR count). The van der Waals surface area contributed by atoms with E-state index in [1.165, 1.54) is 11.0 Å². The van der Waals surface area contributed by atoms with Gasteiger partial charge in [0.15, 0.2) is 0 Å². The molecule has 0 N–H and O–H groups in total. The molecule has 7 nitrogen and oxygen atoms in total. The Morgan fingerprint density at radius 2 is 1.79 bits per heavy atom. The van der Waals surface area contributed by atoms with Crippen LogP contribution in [0, 0.1) is 12.7 Å². The summed E-state index contributed by atoms with van der Waals surface area (Å²) < 4.78 is 83.1. The van der Waals surface area contributed by atoms with Crippen LogP contribution in [0.5, 0.6) is 0 Å². The number of nitrogens with zero attached hydrogens (tertiary/aromatic N) is 3. The van der Waals surface area contributed by atoms with Crippen molar-refractivity contribution in [1.29, 1.82) is 0 Å². The fourth-order valence-corrected chi connectivity index (χ4v) is 4.23. The van der Waals surface area contributed by atoms with E-state index in [4.69, 9.17) is 4.52 Å². The summed E-state index contributed by atoms with van der Waals surface area (Å²) >= 11 is 0. The second kappa shape index (κ2) is 7.17. The molecule has 1 aliphatic heterocycles. The highest BCUT2D eigenvalue weighted by molar-refractivity contribution is 7.89. The van der Waals surface area contributed by atoms with Gasteiger partial charge in [0.05, 0.1) is 16.2 Å². The van der Waals surface area contributed by atoms with Crippen LogP contribution in [0.15, 0.2) is 33.7 Å². The number of sulfonamides is 1. The van der Waals surface area contributed by atoms with Gasteiger partial charge in [-0.1, -0.05) is 5.16 Å². The smallest absolute Gasteiger partial charge is 0.351 e. The lowest BCUT2D eigenvalue weighted by atomic mass is 10.2. The molecule has 1 aromatic carbocycles. The van der Waals surface area contributed by atoms with Gasteiger partial charge in [-0.15, -0.1) is 0 Å². The van der Waals surface area contributed by atoms with Crippen LogP contribution in [0.4, 0.5) is 17.6 Å². The fraction of sp³-hybridized carbons (Fsp3) is 0.375. The van der Waals surface area contributed by atoms with E-state index < -0.39 is 38.4 Å². The van der Waals surface area contributed by atoms with Gasteiger partial charge in [-0.2, -0.15) is 17.5 Å². The number of hydrogen-bond acceptors (Lipinski definition) is 5. The van der Waals surface area contributed by atoms with E-state index >= 15 is 0 Å². The Morgan fingerprint density at radius 3 is 2.32 bits per heavy atom. The van der Waals surface area contributed by atoms with Crippen molar-refractivity contribution in [3.63, 3.8) is 0 Å². The van der Waals surface area contributed by atoms with Crippen molar-refractivity contribution in [3.8, 4) is 0 Å². The third kappa shape index (κ3) is 3.87. The van der Waals surface area contributed by atoms with Crippen molar-refractivity contribution in [3.05, 3.63) is 47.1 Å². The summed E-state index contributed by atoms with van der Waals surface area (Å²) in [4.78, 5) is 13.0. The van der Waals surface area contributed by atoms with Crippen molar-refractivity contribution in [2.75, 3.05) is 26.2 Å². The van der Waals surface area contributed by atoms with E-state index in [0.717, 1.165) is 10.4 Å². The molecule has 0 saturated carbocycles. The van der Waals surface area contributed by atoms with E-state index in [-0.39, 0.29) is 38.0 Å². The van der Waals surface area contributed by atoms with Crippen LogP contribution >= 0.6 is 0 Å². The maximum Gasteiger partial charge on any atom is 0.419 e. The number of amides is 1. The molecule has 2 heterocycles. The number of piperazine rings is 1. The van der Waals surface area contributed by atoms with E-state index in [1.54, 1.807) is 6.92 Å². The van der Waals surface area contributed by atoms with Gasteiger partial charge in [-0.05, 0) is 25.1 Å². The van der Waals surface area contributed by atoms with Gasteiger partial charge in [0.1, 0.15) is 5.82 Å². The summed E-state index contributed by atoms with van der Waals surface area (Å²) in [6, 6.07) is 2.98. The Morgan fingerprint density at radius 1 is 1.14 bits per heavy atom. The van der Waals surface area contributed by atoms with Crippen LogP contribution in [0.25, 0.3) is 0 Å². The van der Waals surface area contributed by atoms with Gasteiger partial charge in [-0.3, -0.25) is 4.79 Å². The molecule has 0 aliphatic carbocycles. The molecule has 0 atom stereocenters. The Labute approximate surface area is 157 Å². The van der Waals surface area contributed by atoms with Gasteiger partial charge < -0.3 is 9.42 Å². The van der Waals surface area contributed by atoms with Crippen molar-refractivity contribution in [2.24, 2.45) is 0 Å². The summed E-state index contributed by atoms with van der Waals surface area (Å²) in [5.74, 6) is -2.00. The van der Waals surface area contributed by atoms with Crippen molar-refractivity contribution in [2.45, 2.75) is 18.0 Å². The molecular formula is C16H15F4N3O4S. The topological polar surface area (TPSA) is 83.7 Å². The first-order chi connectivity index (χ1) is 13.0. The van der Waals surface area contributed by atoms with E-state index in [9.17, 15) is 30.8 Å². The van der Waals surface area contributed by atoms with Gasteiger partial charge >= 0.3 is 6.18 Å². The average molecular weight is 421 g/mol. The molecule has 12 heteroatoms. The summed E-state index contributed by atoms with van der Waals surface area (Å²) in [6.45, 7) is 1.43. The predicted octanol–water partition coefficient (Wildman–Crippen LogP) is 2.29. The zero-order valence-electron chi connectivity index (χ0n) is 14.5. The minimum absolute atomic E-state index is 0.0159. The predicted molar refractivity (Wildman–Crippen MR) is 87.3 cm³/mol. The Kier molecular flexibility index (Phi) is 5.19. The largest absolute Gasteiger partial charge is 0.419 e. The van der Waals surface area contributed by atoms with Crippen LogP contribution in [0.3, 0.4) is 0 Å². The molecule has 0 spiro atoms. The highest BCUT2D eigenvalue weighted by Gasteiger charge is 2.37. The fourth-order valence-electron chi connectivity index (χ4n) is 2.78. The second-order valence-corrected chi connectivity index (χ2v) is 8.11. The highest BCUT2D eigenvalue weighted by Crippen LogP contribution is 2.33. The number of alkyl halides is 3. The molecule has 0 bridgehead atoms. The monoisotopic (exact) mass is 421 g/mol. The second-order valence-electron chi connectivity index (χ2n) is 6.17. The van der Waals surface area contributed by atoms with E-state index in [0.29, 0.717) is 11.8 Å². The molecule has 1 saturated heterocycles. The number of carbonyl (C=O) groups excluding carboxylic acids is 1. The standard InChI is InChI=1S/C16H15F4N3O4S/c1-10-8-14(27-21-10)15(24)22-4-6-23(7-5-22)28(25,26)11-2-3-13(17)12(9-11)16(18,19)20/h2-3,8-9H,4-7H2,1H3. The number of aryl methyl sites for hydroxylation is 1. The van der Waals surface area contributed by atoms with Gasteiger partial charge in [0, 0.05) is 32.2 Å². The number of halogens is 4. The molecule has 1 fully saturated rings. The lowest BCUT2D eigenvalue weighted by molar-refractivity contribution is -0.140. The van der Waals surface area contributed by atoms with Crippen LogP contribution in [-0.4, -0.2) is 54.9 Å². The van der Waals surface area contributed by atoms with Gasteiger partial charge in [0.25, 0.3) is 5.91 Å². The maximum absolute atomic E-state index is 13.4. The molecule has 1 aliphatic rings. The lowest BCUT2D eigenvalue weighted by Gasteiger charge is -2.33. The first-order valence-electron chi connectivity index (χ1n) is 8.09. The number of aromatic nitrogens is 1. The van der Waals surface area contributed by atoms with E-state index in [2.05, 4.69) is 5.16 Å². The maximum atomic E-state index is 13.4. The number of carbonyl (C=O) groups is 1. The van der Waals surface area contributed by atoms with Crippen LogP contribution in [-0.2, 0) is 16.2 Å². The molecule has 152 valence electrons. The average Bonchev–Trinajstić information content (AvgIpc) is 3.07.